The molecule has 0 amide bonds. The molecule has 0 aromatic carbocycles. The normalized spacial score (nSPS) is 58.5. The second-order valence-corrected chi connectivity index (χ2v) is 21.1. The lowest BCUT2D eigenvalue weighted by Crippen LogP contribution is -2.66. The Kier molecular flexibility index (Phi) is 12.8. The summed E-state index contributed by atoms with van der Waals surface area (Å²) in [5.74, 6) is 3.16. The van der Waals surface area contributed by atoms with Crippen molar-refractivity contribution in [3.63, 3.8) is 0 Å². The van der Waals surface area contributed by atoms with Gasteiger partial charge >= 0.3 is 0 Å². The smallest absolute Gasteiger partial charge is 0.187 e. The van der Waals surface area contributed by atoms with Crippen molar-refractivity contribution in [2.45, 2.75) is 196 Å². The van der Waals surface area contributed by atoms with E-state index in [1.807, 2.05) is 0 Å². The lowest BCUT2D eigenvalue weighted by atomic mass is 9.44. The monoisotopic (exact) mass is 872 g/mol. The Morgan fingerprint density at radius 2 is 1.31 bits per heavy atom. The molecule has 9 rings (SSSR count). The molecule has 4 aliphatic carbocycles. The zero-order valence-corrected chi connectivity index (χ0v) is 36.0. The Morgan fingerprint density at radius 3 is 2.03 bits per heavy atom. The van der Waals surface area contributed by atoms with E-state index in [9.17, 15) is 46.0 Å². The molecule has 9 fully saturated rings. The fraction of sp³-hybridized carbons (Fsp3) is 1.00. The second kappa shape index (κ2) is 17.2. The Balaban J connectivity index is 0.898. The van der Waals surface area contributed by atoms with Gasteiger partial charge in [0.05, 0.1) is 38.6 Å². The van der Waals surface area contributed by atoms with E-state index < -0.39 is 105 Å². The van der Waals surface area contributed by atoms with Crippen molar-refractivity contribution in [3.05, 3.63) is 0 Å². The van der Waals surface area contributed by atoms with Crippen LogP contribution in [0, 0.1) is 52.3 Å². The molecule has 4 saturated carbocycles. The lowest BCUT2D eigenvalue weighted by Gasteiger charge is -2.61. The van der Waals surface area contributed by atoms with E-state index in [0.717, 1.165) is 51.6 Å². The van der Waals surface area contributed by atoms with Crippen LogP contribution in [0.4, 0.5) is 0 Å². The average Bonchev–Trinajstić information content (AvgIpc) is 3.69. The molecule has 5 heterocycles. The summed E-state index contributed by atoms with van der Waals surface area (Å²) >= 11 is 0. The van der Waals surface area contributed by atoms with Gasteiger partial charge < -0.3 is 83.9 Å². The Labute approximate surface area is 357 Å². The maximum Gasteiger partial charge on any atom is 0.187 e. The van der Waals surface area contributed by atoms with Crippen molar-refractivity contribution in [2.24, 2.45) is 52.3 Å². The second-order valence-electron chi connectivity index (χ2n) is 21.1. The van der Waals surface area contributed by atoms with Gasteiger partial charge in [0.15, 0.2) is 24.7 Å². The van der Waals surface area contributed by atoms with Gasteiger partial charge in [-0.05, 0) is 104 Å². The van der Waals surface area contributed by atoms with Crippen molar-refractivity contribution in [1.29, 1.82) is 0 Å². The molecule has 0 bridgehead atoms. The van der Waals surface area contributed by atoms with E-state index in [0.29, 0.717) is 47.8 Å². The topological polar surface area (TPSA) is 256 Å². The van der Waals surface area contributed by atoms with Crippen molar-refractivity contribution in [1.82, 2.24) is 0 Å². The van der Waals surface area contributed by atoms with Crippen LogP contribution in [0.3, 0.4) is 0 Å². The third-order valence-electron chi connectivity index (χ3n) is 17.9. The van der Waals surface area contributed by atoms with Gasteiger partial charge in [0, 0.05) is 12.3 Å². The summed E-state index contributed by atoms with van der Waals surface area (Å²) in [4.78, 5) is 0. The molecule has 17 nitrogen and oxygen atoms in total. The molecular formula is C44H72O17. The molecular weight excluding hydrogens is 800 g/mol. The highest BCUT2D eigenvalue weighted by atomic mass is 16.8. The summed E-state index contributed by atoms with van der Waals surface area (Å²) in [6.07, 6.45) is -11.6. The first kappa shape index (κ1) is 45.5. The number of hydrogen-bond donors (Lipinski definition) is 9. The van der Waals surface area contributed by atoms with Crippen molar-refractivity contribution < 1.29 is 83.9 Å². The van der Waals surface area contributed by atoms with E-state index in [2.05, 4.69) is 27.7 Å². The molecule has 0 unspecified atom stereocenters. The van der Waals surface area contributed by atoms with Crippen LogP contribution >= 0.6 is 0 Å². The third kappa shape index (κ3) is 7.58. The predicted octanol–water partition coefficient (Wildman–Crippen LogP) is -0.0945. The van der Waals surface area contributed by atoms with Crippen LogP contribution in [0.25, 0.3) is 0 Å². The fourth-order valence-corrected chi connectivity index (χ4v) is 14.4. The molecule has 350 valence electrons. The van der Waals surface area contributed by atoms with E-state index in [-0.39, 0.29) is 29.6 Å². The third-order valence-corrected chi connectivity index (χ3v) is 17.9. The Bertz CT molecular complexity index is 1520. The molecule has 0 radical (unpaired) electrons. The highest BCUT2D eigenvalue weighted by molar-refractivity contribution is 5.15. The van der Waals surface area contributed by atoms with Gasteiger partial charge in [0.25, 0.3) is 0 Å². The summed E-state index contributed by atoms with van der Waals surface area (Å²) in [6.45, 7) is 8.71. The van der Waals surface area contributed by atoms with Crippen LogP contribution in [0.1, 0.15) is 91.9 Å². The molecule has 1 spiro atoms. The minimum atomic E-state index is -1.80. The molecule has 17 heteroatoms. The van der Waals surface area contributed by atoms with Gasteiger partial charge in [-0.1, -0.05) is 27.7 Å². The summed E-state index contributed by atoms with van der Waals surface area (Å²) in [5.41, 5.74) is 0.315. The Hall–Kier alpha value is -0.680. The zero-order chi connectivity index (χ0) is 43.3. The van der Waals surface area contributed by atoms with E-state index >= 15 is 0 Å². The van der Waals surface area contributed by atoms with E-state index in [1.54, 1.807) is 0 Å². The first-order chi connectivity index (χ1) is 29.0. The SMILES string of the molecule is C[C@H]1CC[C@@]2(OC1)O[C@H]1C[C@H]3[C@@H]4CC[C@@H]5C[C@@H](O[C@@H]6O[C@H](CO)[C@@H](O[C@@H]7OC[C@@H](O)[C@H](O)[C@H]7O)[C@H](O)[C@H]6O[C@@H]6O[C@H](CO)[C@@H](O)[C@H](O)[C@H]6O)CC[C@]5(C)[C@H]4CC[C@]3(C)[C@H]1[C@@H]2C. The van der Waals surface area contributed by atoms with Crippen LogP contribution in [-0.4, -0.2) is 176 Å². The molecule has 0 aromatic rings. The Morgan fingerprint density at radius 1 is 0.607 bits per heavy atom. The van der Waals surface area contributed by atoms with E-state index in [4.69, 9.17) is 37.9 Å². The molecule has 9 aliphatic rings. The van der Waals surface area contributed by atoms with Gasteiger partial charge in [-0.2, -0.15) is 0 Å². The van der Waals surface area contributed by atoms with Crippen molar-refractivity contribution >= 4 is 0 Å². The van der Waals surface area contributed by atoms with Gasteiger partial charge in [-0.15, -0.1) is 0 Å². The summed E-state index contributed by atoms with van der Waals surface area (Å²) < 4.78 is 49.7. The largest absolute Gasteiger partial charge is 0.394 e. The fourth-order valence-electron chi connectivity index (χ4n) is 14.4. The molecule has 61 heavy (non-hydrogen) atoms. The summed E-state index contributed by atoms with van der Waals surface area (Å²) in [6, 6.07) is 0. The predicted molar refractivity (Wildman–Crippen MR) is 210 cm³/mol. The summed E-state index contributed by atoms with van der Waals surface area (Å²) in [5, 5.41) is 95.1. The number of aliphatic hydroxyl groups excluding tert-OH is 9. The summed E-state index contributed by atoms with van der Waals surface area (Å²) in [7, 11) is 0. The minimum absolute atomic E-state index is 0.100. The number of fused-ring (bicyclic) bond motifs is 7. The van der Waals surface area contributed by atoms with Crippen LogP contribution in [0.15, 0.2) is 0 Å². The number of ether oxygens (including phenoxy) is 8. The van der Waals surface area contributed by atoms with Crippen molar-refractivity contribution in [3.8, 4) is 0 Å². The van der Waals surface area contributed by atoms with Crippen LogP contribution in [0.5, 0.6) is 0 Å². The molecule has 5 saturated heterocycles. The van der Waals surface area contributed by atoms with Gasteiger partial charge in [0.2, 0.25) is 0 Å². The maximum absolute atomic E-state index is 12.0. The number of aliphatic hydroxyl groups is 9. The first-order valence-electron chi connectivity index (χ1n) is 23.2. The first-order valence-corrected chi connectivity index (χ1v) is 23.2. The van der Waals surface area contributed by atoms with Gasteiger partial charge in [-0.3, -0.25) is 0 Å². The molecule has 0 aromatic heterocycles. The van der Waals surface area contributed by atoms with E-state index in [1.165, 1.54) is 12.8 Å². The number of hydrogen-bond acceptors (Lipinski definition) is 17. The molecule has 26 atom stereocenters. The highest BCUT2D eigenvalue weighted by Gasteiger charge is 2.69. The van der Waals surface area contributed by atoms with Crippen molar-refractivity contribution in [2.75, 3.05) is 26.4 Å². The van der Waals surface area contributed by atoms with Crippen LogP contribution < -0.4 is 0 Å². The number of rotatable bonds is 8. The highest BCUT2D eigenvalue weighted by Crippen LogP contribution is 2.71. The standard InChI is InChI=1S/C44H72O17/c1-19-7-12-44(55-17-19)20(2)30-27(61-44)14-25-23-6-5-21-13-22(8-10-42(21,3)24(23)9-11-43(25,30)4)56-41-38(60-40-35(52)33(50)32(49)28(15-45)57-40)36(53)37(29(16-46)58-41)59-39-34(51)31(48)26(47)18-54-39/h19-41,45-53H,5-18H2,1-4H3/t19-,20-,21+,22-,23+,24-,25-,26+,27-,28+,29+,30-,31-,32+,33-,34+,35+,36-,37+,38+,39-,40-,41+,42-,43-,44+/m0/s1. The molecule has 9 N–H and O–H groups in total. The molecule has 5 aliphatic heterocycles. The van der Waals surface area contributed by atoms with Crippen LogP contribution in [0.2, 0.25) is 0 Å². The van der Waals surface area contributed by atoms with Gasteiger partial charge in [0.1, 0.15) is 67.1 Å². The minimum Gasteiger partial charge on any atom is -0.394 e. The maximum atomic E-state index is 12.0. The average molecular weight is 873 g/mol. The zero-order valence-electron chi connectivity index (χ0n) is 36.0. The van der Waals surface area contributed by atoms with Crippen LogP contribution in [-0.2, 0) is 37.9 Å². The quantitative estimate of drug-likeness (QED) is 0.145. The lowest BCUT2D eigenvalue weighted by molar-refractivity contribution is -0.388. The van der Waals surface area contributed by atoms with Gasteiger partial charge in [-0.25, -0.2) is 0 Å².